The molecule has 1 aromatic heterocycles. The van der Waals surface area contributed by atoms with E-state index in [1.54, 1.807) is 18.3 Å². The Morgan fingerprint density at radius 1 is 1.47 bits per heavy atom. The molecule has 1 heterocycles. The zero-order chi connectivity index (χ0) is 11.3. The maximum Gasteiger partial charge on any atom is 0.183 e. The van der Waals surface area contributed by atoms with E-state index in [4.69, 9.17) is 15.2 Å². The molecular weight excluding hydrogens is 196 g/mol. The first-order valence-corrected chi connectivity index (χ1v) is 4.61. The number of nitrogens with zero attached hydrogens (tertiary/aromatic N) is 1. The van der Waals surface area contributed by atoms with E-state index in [-0.39, 0.29) is 0 Å². The van der Waals surface area contributed by atoms with Crippen molar-refractivity contribution >= 4 is 5.82 Å². The van der Waals surface area contributed by atoms with E-state index in [1.165, 1.54) is 14.2 Å². The number of rotatable bonds is 5. The average Bonchev–Trinajstić information content (AvgIpc) is 2.19. The third-order valence-corrected chi connectivity index (χ3v) is 2.07. The number of aliphatic hydroxyl groups is 1. The number of methoxy groups -OCH3 is 2. The van der Waals surface area contributed by atoms with Gasteiger partial charge >= 0.3 is 0 Å². The van der Waals surface area contributed by atoms with Crippen LogP contribution in [0.1, 0.15) is 5.56 Å². The topological polar surface area (TPSA) is 77.6 Å². The van der Waals surface area contributed by atoms with Gasteiger partial charge in [-0.25, -0.2) is 4.98 Å². The first-order valence-electron chi connectivity index (χ1n) is 4.61. The summed E-state index contributed by atoms with van der Waals surface area (Å²) in [5.41, 5.74) is 6.42. The summed E-state index contributed by atoms with van der Waals surface area (Å²) in [7, 11) is 2.97. The van der Waals surface area contributed by atoms with Crippen molar-refractivity contribution in [1.82, 2.24) is 4.98 Å². The van der Waals surface area contributed by atoms with Crippen LogP contribution < -0.4 is 5.73 Å². The summed E-state index contributed by atoms with van der Waals surface area (Å²) in [6.45, 7) is 0. The predicted octanol–water partition coefficient (Wildman–Crippen LogP) is 0.186. The van der Waals surface area contributed by atoms with Crippen LogP contribution in [0.25, 0.3) is 0 Å². The number of anilines is 1. The molecule has 1 unspecified atom stereocenters. The van der Waals surface area contributed by atoms with Gasteiger partial charge < -0.3 is 20.3 Å². The van der Waals surface area contributed by atoms with Crippen molar-refractivity contribution in [3.8, 4) is 0 Å². The third-order valence-electron chi connectivity index (χ3n) is 2.07. The molecule has 0 spiro atoms. The molecule has 0 aliphatic rings. The minimum atomic E-state index is -0.721. The second kappa shape index (κ2) is 5.65. The van der Waals surface area contributed by atoms with Crippen LogP contribution in [-0.2, 0) is 15.9 Å². The van der Waals surface area contributed by atoms with Crippen molar-refractivity contribution in [2.24, 2.45) is 0 Å². The Balaban J connectivity index is 2.61. The fraction of sp³-hybridized carbons (Fsp3) is 0.500. The number of nitrogen functional groups attached to an aromatic ring is 1. The summed E-state index contributed by atoms with van der Waals surface area (Å²) in [5, 5.41) is 9.74. The lowest BCUT2D eigenvalue weighted by Gasteiger charge is -2.19. The monoisotopic (exact) mass is 212 g/mol. The zero-order valence-corrected chi connectivity index (χ0v) is 8.88. The molecule has 0 radical (unpaired) electrons. The van der Waals surface area contributed by atoms with E-state index in [1.807, 2.05) is 0 Å². The Bertz CT molecular complexity index is 302. The van der Waals surface area contributed by atoms with Crippen LogP contribution in [0.2, 0.25) is 0 Å². The highest BCUT2D eigenvalue weighted by Gasteiger charge is 2.18. The van der Waals surface area contributed by atoms with Crippen molar-refractivity contribution in [2.45, 2.75) is 18.8 Å². The molecule has 1 aromatic rings. The highest BCUT2D eigenvalue weighted by molar-refractivity contribution is 5.32. The van der Waals surface area contributed by atoms with Crippen LogP contribution in [0, 0.1) is 0 Å². The maximum absolute atomic E-state index is 9.74. The zero-order valence-electron chi connectivity index (χ0n) is 8.88. The Kier molecular flexibility index (Phi) is 4.48. The first-order chi connectivity index (χ1) is 7.17. The minimum Gasteiger partial charge on any atom is -0.387 e. The van der Waals surface area contributed by atoms with Gasteiger partial charge in [-0.3, -0.25) is 0 Å². The second-order valence-electron chi connectivity index (χ2n) is 3.20. The van der Waals surface area contributed by atoms with Gasteiger partial charge in [0.05, 0.1) is 0 Å². The first kappa shape index (κ1) is 11.9. The summed E-state index contributed by atoms with van der Waals surface area (Å²) in [6.07, 6.45) is 0.673. The summed E-state index contributed by atoms with van der Waals surface area (Å²) >= 11 is 0. The van der Waals surface area contributed by atoms with Gasteiger partial charge in [0.25, 0.3) is 0 Å². The maximum atomic E-state index is 9.74. The number of aromatic nitrogens is 1. The molecule has 0 aliphatic heterocycles. The molecule has 1 atom stereocenters. The highest BCUT2D eigenvalue weighted by Crippen LogP contribution is 2.10. The van der Waals surface area contributed by atoms with E-state index in [0.717, 1.165) is 5.56 Å². The molecule has 5 nitrogen and oxygen atoms in total. The minimum absolute atomic E-state index is 0.416. The van der Waals surface area contributed by atoms with Gasteiger partial charge in [-0.2, -0.15) is 0 Å². The molecule has 3 N–H and O–H groups in total. The van der Waals surface area contributed by atoms with Crippen LogP contribution in [0.4, 0.5) is 5.82 Å². The number of nitrogens with two attached hydrogens (primary N) is 1. The molecule has 0 saturated heterocycles. The lowest BCUT2D eigenvalue weighted by molar-refractivity contribution is -0.163. The van der Waals surface area contributed by atoms with Crippen LogP contribution >= 0.6 is 0 Å². The van der Waals surface area contributed by atoms with Crippen molar-refractivity contribution in [2.75, 3.05) is 20.0 Å². The number of hydrogen-bond acceptors (Lipinski definition) is 5. The molecular formula is C10H16N2O3. The number of aliphatic hydroxyl groups excluding tert-OH is 1. The SMILES string of the molecule is COC(OC)C(O)Cc1ccnc(N)c1. The van der Waals surface area contributed by atoms with Gasteiger partial charge in [-0.15, -0.1) is 0 Å². The molecule has 0 amide bonds. The number of ether oxygens (including phenoxy) is 2. The Hall–Kier alpha value is -1.17. The summed E-state index contributed by atoms with van der Waals surface area (Å²) in [6, 6.07) is 3.51. The number of hydrogen-bond donors (Lipinski definition) is 2. The normalized spacial score (nSPS) is 13.1. The van der Waals surface area contributed by atoms with Crippen LogP contribution in [0.3, 0.4) is 0 Å². The predicted molar refractivity (Wildman–Crippen MR) is 56.2 cm³/mol. The molecule has 15 heavy (non-hydrogen) atoms. The Morgan fingerprint density at radius 3 is 2.67 bits per heavy atom. The van der Waals surface area contributed by atoms with Crippen molar-refractivity contribution in [3.63, 3.8) is 0 Å². The van der Waals surface area contributed by atoms with Gasteiger partial charge in [0.1, 0.15) is 11.9 Å². The standard InChI is InChI=1S/C10H16N2O3/c1-14-10(15-2)8(13)5-7-3-4-12-9(11)6-7/h3-4,6,8,10,13H,5H2,1-2H3,(H2,11,12). The average molecular weight is 212 g/mol. The van der Waals surface area contributed by atoms with E-state index >= 15 is 0 Å². The highest BCUT2D eigenvalue weighted by atomic mass is 16.7. The Labute approximate surface area is 88.8 Å². The summed E-state index contributed by atoms with van der Waals surface area (Å²) in [5.74, 6) is 0.436. The van der Waals surface area contributed by atoms with Crippen LogP contribution in [0.15, 0.2) is 18.3 Å². The quantitative estimate of drug-likeness (QED) is 0.681. The van der Waals surface area contributed by atoms with Crippen molar-refractivity contribution in [3.05, 3.63) is 23.9 Å². The lowest BCUT2D eigenvalue weighted by atomic mass is 10.1. The fourth-order valence-corrected chi connectivity index (χ4v) is 1.37. The van der Waals surface area contributed by atoms with Crippen LogP contribution in [0.5, 0.6) is 0 Å². The van der Waals surface area contributed by atoms with E-state index in [0.29, 0.717) is 12.2 Å². The Morgan fingerprint density at radius 2 is 2.13 bits per heavy atom. The molecule has 0 fully saturated rings. The molecule has 0 aliphatic carbocycles. The lowest BCUT2D eigenvalue weighted by Crippen LogP contribution is -2.31. The van der Waals surface area contributed by atoms with E-state index in [9.17, 15) is 5.11 Å². The van der Waals surface area contributed by atoms with Crippen molar-refractivity contribution in [1.29, 1.82) is 0 Å². The van der Waals surface area contributed by atoms with Crippen molar-refractivity contribution < 1.29 is 14.6 Å². The largest absolute Gasteiger partial charge is 0.387 e. The molecule has 1 rings (SSSR count). The fourth-order valence-electron chi connectivity index (χ4n) is 1.37. The summed E-state index contributed by atoms with van der Waals surface area (Å²) < 4.78 is 9.89. The summed E-state index contributed by atoms with van der Waals surface area (Å²) in [4.78, 5) is 3.87. The third kappa shape index (κ3) is 3.47. The van der Waals surface area contributed by atoms with E-state index < -0.39 is 12.4 Å². The molecule has 0 bridgehead atoms. The molecule has 0 aromatic carbocycles. The molecule has 5 heteroatoms. The van der Waals surface area contributed by atoms with Crippen LogP contribution in [-0.4, -0.2) is 36.7 Å². The van der Waals surface area contributed by atoms with Gasteiger partial charge in [0, 0.05) is 26.8 Å². The van der Waals surface area contributed by atoms with E-state index in [2.05, 4.69) is 4.98 Å². The number of pyridine rings is 1. The van der Waals surface area contributed by atoms with Gasteiger partial charge in [0.2, 0.25) is 0 Å². The smallest absolute Gasteiger partial charge is 0.183 e. The van der Waals surface area contributed by atoms with Gasteiger partial charge in [-0.05, 0) is 17.7 Å². The van der Waals surface area contributed by atoms with Gasteiger partial charge in [0.15, 0.2) is 6.29 Å². The van der Waals surface area contributed by atoms with Gasteiger partial charge in [-0.1, -0.05) is 0 Å². The molecule has 0 saturated carbocycles. The second-order valence-corrected chi connectivity index (χ2v) is 3.20. The molecule has 84 valence electrons.